The van der Waals surface area contributed by atoms with Gasteiger partial charge in [0, 0.05) is 25.8 Å². The fourth-order valence-electron chi connectivity index (χ4n) is 2.30. The second-order valence-corrected chi connectivity index (χ2v) is 5.25. The third-order valence-electron chi connectivity index (χ3n) is 3.54. The fraction of sp³-hybridized carbons (Fsp3) is 0.667. The Hall–Kier alpha value is -1.09. The molecule has 1 fully saturated rings. The maximum absolute atomic E-state index is 4.67. The molecule has 1 aromatic heterocycles. The average molecular weight is 247 g/mol. The van der Waals surface area contributed by atoms with E-state index in [1.165, 1.54) is 36.3 Å². The third kappa shape index (κ3) is 3.45. The highest BCUT2D eigenvalue weighted by Gasteiger charge is 2.24. The number of nitrogens with one attached hydrogen (secondary N) is 1. The van der Waals surface area contributed by atoms with Gasteiger partial charge in [-0.15, -0.1) is 0 Å². The largest absolute Gasteiger partial charge is 0.356 e. The van der Waals surface area contributed by atoms with E-state index in [2.05, 4.69) is 42.0 Å². The Balaban J connectivity index is 2.06. The zero-order valence-electron chi connectivity index (χ0n) is 11.9. The van der Waals surface area contributed by atoms with Gasteiger partial charge in [0.25, 0.3) is 0 Å². The molecule has 100 valence electrons. The van der Waals surface area contributed by atoms with E-state index >= 15 is 0 Å². The van der Waals surface area contributed by atoms with Crippen molar-refractivity contribution in [1.82, 2.24) is 10.3 Å². The van der Waals surface area contributed by atoms with Gasteiger partial charge in [-0.2, -0.15) is 0 Å². The highest BCUT2D eigenvalue weighted by molar-refractivity contribution is 5.47. The highest BCUT2D eigenvalue weighted by Crippen LogP contribution is 2.31. The summed E-state index contributed by atoms with van der Waals surface area (Å²) in [6.07, 6.45) is 4.81. The fourth-order valence-corrected chi connectivity index (χ4v) is 2.30. The molecule has 3 nitrogen and oxygen atoms in total. The number of rotatable bonds is 7. The number of aryl methyl sites for hydroxylation is 1. The first-order valence-electron chi connectivity index (χ1n) is 7.15. The highest BCUT2D eigenvalue weighted by atomic mass is 15.2. The third-order valence-corrected chi connectivity index (χ3v) is 3.54. The number of nitrogens with zero attached hydrogens (tertiary/aromatic N) is 2. The van der Waals surface area contributed by atoms with Crippen LogP contribution in [0.1, 0.15) is 37.8 Å². The first kappa shape index (κ1) is 13.3. The van der Waals surface area contributed by atoms with Crippen molar-refractivity contribution in [2.24, 2.45) is 5.92 Å². The van der Waals surface area contributed by atoms with Crippen LogP contribution < -0.4 is 10.2 Å². The molecule has 18 heavy (non-hydrogen) atoms. The Morgan fingerprint density at radius 1 is 1.39 bits per heavy atom. The summed E-state index contributed by atoms with van der Waals surface area (Å²) in [4.78, 5) is 7.09. The van der Waals surface area contributed by atoms with Crippen molar-refractivity contribution in [1.29, 1.82) is 0 Å². The number of pyridine rings is 1. The van der Waals surface area contributed by atoms with Gasteiger partial charge in [-0.1, -0.05) is 6.92 Å². The van der Waals surface area contributed by atoms with Crippen LogP contribution in [0.4, 0.5) is 5.82 Å². The van der Waals surface area contributed by atoms with Crippen molar-refractivity contribution in [3.05, 3.63) is 23.4 Å². The molecule has 0 unspecified atom stereocenters. The quantitative estimate of drug-likeness (QED) is 0.803. The van der Waals surface area contributed by atoms with Crippen molar-refractivity contribution in [3.8, 4) is 0 Å². The first-order valence-corrected chi connectivity index (χ1v) is 7.15. The van der Waals surface area contributed by atoms with Crippen LogP contribution in [0.15, 0.2) is 12.3 Å². The molecule has 1 N–H and O–H groups in total. The average Bonchev–Trinajstić information content (AvgIpc) is 3.18. The Morgan fingerprint density at radius 3 is 2.72 bits per heavy atom. The van der Waals surface area contributed by atoms with Crippen molar-refractivity contribution in [2.45, 2.75) is 40.2 Å². The Labute approximate surface area is 111 Å². The monoisotopic (exact) mass is 247 g/mol. The van der Waals surface area contributed by atoms with Crippen LogP contribution in [0.25, 0.3) is 0 Å². The lowest BCUT2D eigenvalue weighted by Gasteiger charge is -2.24. The molecular formula is C15H25N3. The molecule has 0 aliphatic heterocycles. The van der Waals surface area contributed by atoms with Gasteiger partial charge in [-0.05, 0) is 56.3 Å². The maximum atomic E-state index is 4.67. The Morgan fingerprint density at radius 2 is 2.17 bits per heavy atom. The summed E-state index contributed by atoms with van der Waals surface area (Å²) in [5.74, 6) is 2.08. The van der Waals surface area contributed by atoms with Gasteiger partial charge in [0.05, 0.1) is 0 Å². The summed E-state index contributed by atoms with van der Waals surface area (Å²) in [6, 6.07) is 2.26. The predicted octanol–water partition coefficient (Wildman–Crippen LogP) is 2.74. The molecule has 3 heteroatoms. The summed E-state index contributed by atoms with van der Waals surface area (Å²) in [5, 5.41) is 3.34. The van der Waals surface area contributed by atoms with E-state index in [9.17, 15) is 0 Å². The van der Waals surface area contributed by atoms with Crippen LogP contribution in [-0.2, 0) is 6.54 Å². The van der Waals surface area contributed by atoms with Gasteiger partial charge in [0.15, 0.2) is 0 Å². The molecule has 1 heterocycles. The first-order chi connectivity index (χ1) is 8.74. The summed E-state index contributed by atoms with van der Waals surface area (Å²) < 4.78 is 0. The maximum Gasteiger partial charge on any atom is 0.131 e. The second kappa shape index (κ2) is 6.19. The van der Waals surface area contributed by atoms with Crippen molar-refractivity contribution in [3.63, 3.8) is 0 Å². The lowest BCUT2D eigenvalue weighted by atomic mass is 10.2. The molecule has 1 saturated carbocycles. The molecule has 0 bridgehead atoms. The van der Waals surface area contributed by atoms with E-state index in [4.69, 9.17) is 0 Å². The minimum Gasteiger partial charge on any atom is -0.356 e. The van der Waals surface area contributed by atoms with Crippen molar-refractivity contribution >= 4 is 5.82 Å². The van der Waals surface area contributed by atoms with Gasteiger partial charge in [-0.3, -0.25) is 0 Å². The normalized spacial score (nSPS) is 14.8. The van der Waals surface area contributed by atoms with E-state index in [0.717, 1.165) is 25.6 Å². The van der Waals surface area contributed by atoms with Crippen LogP contribution in [0.3, 0.4) is 0 Å². The molecule has 1 aliphatic rings. The standard InChI is InChI=1S/C15H25N3/c1-4-16-9-14-8-12(3)15(17-10-14)18(5-2)11-13-6-7-13/h8,10,13,16H,4-7,9,11H2,1-3H3. The summed E-state index contributed by atoms with van der Waals surface area (Å²) in [6.45, 7) is 10.7. The van der Waals surface area contributed by atoms with Crippen LogP contribution in [0.2, 0.25) is 0 Å². The topological polar surface area (TPSA) is 28.2 Å². The van der Waals surface area contributed by atoms with E-state index in [1.54, 1.807) is 0 Å². The number of hydrogen-bond donors (Lipinski definition) is 1. The molecule has 1 aliphatic carbocycles. The van der Waals surface area contributed by atoms with Gasteiger partial charge in [0.1, 0.15) is 5.82 Å². The van der Waals surface area contributed by atoms with Crippen LogP contribution >= 0.6 is 0 Å². The molecule has 0 spiro atoms. The molecule has 0 atom stereocenters. The zero-order chi connectivity index (χ0) is 13.0. The minimum atomic E-state index is 0.910. The van der Waals surface area contributed by atoms with Gasteiger partial charge in [-0.25, -0.2) is 4.98 Å². The molecule has 0 radical (unpaired) electrons. The van der Waals surface area contributed by atoms with Crippen LogP contribution in [0.5, 0.6) is 0 Å². The van der Waals surface area contributed by atoms with E-state index in [-0.39, 0.29) is 0 Å². The molecule has 2 rings (SSSR count). The molecule has 0 amide bonds. The summed E-state index contributed by atoms with van der Waals surface area (Å²) in [7, 11) is 0. The molecule has 0 saturated heterocycles. The van der Waals surface area contributed by atoms with E-state index < -0.39 is 0 Å². The van der Waals surface area contributed by atoms with Crippen LogP contribution in [-0.4, -0.2) is 24.6 Å². The number of anilines is 1. The number of aromatic nitrogens is 1. The van der Waals surface area contributed by atoms with Crippen LogP contribution in [0, 0.1) is 12.8 Å². The summed E-state index contributed by atoms with van der Waals surface area (Å²) >= 11 is 0. The lowest BCUT2D eigenvalue weighted by molar-refractivity contribution is 0.714. The van der Waals surface area contributed by atoms with Crippen molar-refractivity contribution in [2.75, 3.05) is 24.5 Å². The predicted molar refractivity (Wildman–Crippen MR) is 77.0 cm³/mol. The number of hydrogen-bond acceptors (Lipinski definition) is 3. The molecule has 1 aromatic rings. The smallest absolute Gasteiger partial charge is 0.131 e. The van der Waals surface area contributed by atoms with E-state index in [0.29, 0.717) is 0 Å². The Kier molecular flexibility index (Phi) is 4.59. The molecule has 0 aromatic carbocycles. The van der Waals surface area contributed by atoms with Gasteiger partial charge < -0.3 is 10.2 Å². The van der Waals surface area contributed by atoms with Crippen molar-refractivity contribution < 1.29 is 0 Å². The SMILES string of the molecule is CCNCc1cnc(N(CC)CC2CC2)c(C)c1. The summed E-state index contributed by atoms with van der Waals surface area (Å²) in [5.41, 5.74) is 2.58. The lowest BCUT2D eigenvalue weighted by Crippen LogP contribution is -2.27. The minimum absolute atomic E-state index is 0.910. The Bertz CT molecular complexity index is 385. The zero-order valence-corrected chi connectivity index (χ0v) is 11.9. The second-order valence-electron chi connectivity index (χ2n) is 5.25. The van der Waals surface area contributed by atoms with E-state index in [1.807, 2.05) is 6.20 Å². The van der Waals surface area contributed by atoms with Gasteiger partial charge in [0.2, 0.25) is 0 Å². The molecular weight excluding hydrogens is 222 g/mol. The van der Waals surface area contributed by atoms with Gasteiger partial charge >= 0.3 is 0 Å².